The molecule has 1 heterocycles. The first-order chi connectivity index (χ1) is 7.02. The van der Waals surface area contributed by atoms with E-state index in [-0.39, 0.29) is 0 Å². The van der Waals surface area contributed by atoms with E-state index in [1.54, 1.807) is 0 Å². The van der Waals surface area contributed by atoms with Gasteiger partial charge < -0.3 is 0 Å². The van der Waals surface area contributed by atoms with Gasteiger partial charge in [0, 0.05) is 5.56 Å². The lowest BCUT2D eigenvalue weighted by Gasteiger charge is -2.19. The van der Waals surface area contributed by atoms with E-state index < -0.39 is 0 Å². The van der Waals surface area contributed by atoms with Crippen LogP contribution >= 0.6 is 0 Å². The Kier molecular flexibility index (Phi) is 2.37. The summed E-state index contributed by atoms with van der Waals surface area (Å²) in [5.74, 6) is 0.997. The van der Waals surface area contributed by atoms with Crippen molar-refractivity contribution in [3.05, 3.63) is 22.8 Å². The Labute approximate surface area is 90.2 Å². The van der Waals surface area contributed by atoms with Crippen molar-refractivity contribution in [1.82, 2.24) is 0 Å². The Balaban J connectivity index is 2.75. The zero-order valence-electron chi connectivity index (χ0n) is 10.0. The smallest absolute Gasteiger partial charge is 0.229 e. The van der Waals surface area contributed by atoms with Gasteiger partial charge in [0.1, 0.15) is 0 Å². The summed E-state index contributed by atoms with van der Waals surface area (Å²) >= 11 is 0. The minimum Gasteiger partial charge on any atom is -0.286 e. The van der Waals surface area contributed by atoms with Crippen LogP contribution in [0.15, 0.2) is 15.2 Å². The highest BCUT2D eigenvalue weighted by atomic mass is 17.0. The molecule has 15 heavy (non-hydrogen) atoms. The summed E-state index contributed by atoms with van der Waals surface area (Å²) in [5, 5.41) is 0. The molecule has 0 saturated carbocycles. The Morgan fingerprint density at radius 3 is 1.93 bits per heavy atom. The van der Waals surface area contributed by atoms with E-state index in [1.165, 1.54) is 16.7 Å². The molecule has 0 aliphatic rings. The largest absolute Gasteiger partial charge is 0.286 e. The van der Waals surface area contributed by atoms with Crippen molar-refractivity contribution in [2.24, 2.45) is 0 Å². The fourth-order valence-corrected chi connectivity index (χ4v) is 2.35. The van der Waals surface area contributed by atoms with Crippen molar-refractivity contribution >= 4 is 11.2 Å². The second-order valence-electron chi connectivity index (χ2n) is 4.82. The Bertz CT molecular complexity index is 472. The number of hydrogen-bond acceptors (Lipinski definition) is 2. The zero-order valence-corrected chi connectivity index (χ0v) is 10.0. The van der Waals surface area contributed by atoms with E-state index >= 15 is 0 Å². The predicted octanol–water partition coefficient (Wildman–Crippen LogP) is 4.58. The Morgan fingerprint density at radius 2 is 1.53 bits per heavy atom. The third-order valence-electron chi connectivity index (χ3n) is 2.90. The maximum absolute atomic E-state index is 5.11. The second kappa shape index (κ2) is 3.44. The van der Waals surface area contributed by atoms with Crippen LogP contribution in [0.25, 0.3) is 11.2 Å². The highest BCUT2D eigenvalue weighted by Crippen LogP contribution is 2.37. The van der Waals surface area contributed by atoms with Crippen molar-refractivity contribution in [2.75, 3.05) is 0 Å². The third kappa shape index (κ3) is 1.48. The number of hydrogen-bond donors (Lipinski definition) is 0. The maximum atomic E-state index is 5.11. The van der Waals surface area contributed by atoms with Gasteiger partial charge in [-0.2, -0.15) is 0 Å². The minimum absolute atomic E-state index is 0.472. The zero-order chi connectivity index (χ0) is 11.2. The molecule has 0 unspecified atom stereocenters. The summed E-state index contributed by atoms with van der Waals surface area (Å²) in [4.78, 5) is 0. The summed E-state index contributed by atoms with van der Waals surface area (Å²) in [6, 6.07) is 2.07. The summed E-state index contributed by atoms with van der Waals surface area (Å²) in [5.41, 5.74) is 5.86. The molecule has 2 aromatic rings. The van der Waals surface area contributed by atoms with Gasteiger partial charge in [0.15, 0.2) is 0 Å². The van der Waals surface area contributed by atoms with Gasteiger partial charge in [-0.3, -0.25) is 9.15 Å². The molecule has 1 aromatic heterocycles. The third-order valence-corrected chi connectivity index (χ3v) is 2.90. The molecule has 82 valence electrons. The Hall–Kier alpha value is -1.18. The normalized spacial score (nSPS) is 12.2. The van der Waals surface area contributed by atoms with Crippen LogP contribution in [-0.2, 0) is 0 Å². The minimum atomic E-state index is 0.472. The van der Waals surface area contributed by atoms with E-state index in [0.29, 0.717) is 11.8 Å². The van der Waals surface area contributed by atoms with Gasteiger partial charge >= 0.3 is 0 Å². The lowest BCUT2D eigenvalue weighted by atomic mass is 9.86. The number of aryl methyl sites for hydroxylation is 1. The van der Waals surface area contributed by atoms with Crippen LogP contribution < -0.4 is 0 Å². The van der Waals surface area contributed by atoms with Gasteiger partial charge in [0.05, 0.1) is 0 Å². The summed E-state index contributed by atoms with van der Waals surface area (Å²) in [6.07, 6.45) is 0. The molecule has 2 nitrogen and oxygen atoms in total. The molecule has 0 radical (unpaired) electrons. The molecular weight excluding hydrogens is 188 g/mol. The molecular formula is C13H18O2. The molecule has 0 saturated heterocycles. The number of fused-ring (bicyclic) bond motifs is 1. The highest BCUT2D eigenvalue weighted by Gasteiger charge is 2.21. The molecule has 1 aromatic carbocycles. The van der Waals surface area contributed by atoms with E-state index in [4.69, 9.17) is 9.15 Å². The van der Waals surface area contributed by atoms with Crippen molar-refractivity contribution in [3.8, 4) is 0 Å². The van der Waals surface area contributed by atoms with Crippen LogP contribution in [0, 0.1) is 6.92 Å². The van der Waals surface area contributed by atoms with Crippen molar-refractivity contribution in [3.63, 3.8) is 0 Å². The fourth-order valence-electron chi connectivity index (χ4n) is 2.35. The van der Waals surface area contributed by atoms with Crippen molar-refractivity contribution in [1.29, 1.82) is 0 Å². The van der Waals surface area contributed by atoms with Crippen molar-refractivity contribution < 1.29 is 9.15 Å². The first-order valence-corrected chi connectivity index (χ1v) is 5.54. The van der Waals surface area contributed by atoms with E-state index in [0.717, 1.165) is 11.2 Å². The maximum Gasteiger partial charge on any atom is 0.229 e. The van der Waals surface area contributed by atoms with Crippen LogP contribution in [0.4, 0.5) is 0 Å². The molecule has 2 rings (SSSR count). The molecule has 0 aliphatic carbocycles. The van der Waals surface area contributed by atoms with Crippen LogP contribution in [0.5, 0.6) is 0 Å². The van der Waals surface area contributed by atoms with Crippen LogP contribution in [0.1, 0.15) is 56.2 Å². The van der Waals surface area contributed by atoms with E-state index in [1.807, 2.05) is 0 Å². The summed E-state index contributed by atoms with van der Waals surface area (Å²) in [6.45, 7) is 11.0. The monoisotopic (exact) mass is 206 g/mol. The standard InChI is InChI=1S/C13H18O2/c1-7(2)11-9(5)6-10-13(15-14-10)12(11)8(3)4/h6-8H,1-5H3. The molecule has 0 amide bonds. The summed E-state index contributed by atoms with van der Waals surface area (Å²) in [7, 11) is 0. The molecule has 0 spiro atoms. The van der Waals surface area contributed by atoms with E-state index in [9.17, 15) is 0 Å². The fraction of sp³-hybridized carbons (Fsp3) is 0.538. The quantitative estimate of drug-likeness (QED) is 0.672. The average molecular weight is 206 g/mol. The topological polar surface area (TPSA) is 26.3 Å². The summed E-state index contributed by atoms with van der Waals surface area (Å²) < 4.78 is 10.1. The van der Waals surface area contributed by atoms with Gasteiger partial charge in [-0.15, -0.1) is 0 Å². The highest BCUT2D eigenvalue weighted by molar-refractivity contribution is 5.78. The van der Waals surface area contributed by atoms with Crippen LogP contribution in [0.2, 0.25) is 0 Å². The van der Waals surface area contributed by atoms with Crippen LogP contribution in [-0.4, -0.2) is 0 Å². The lowest BCUT2D eigenvalue weighted by molar-refractivity contribution is 0.0576. The van der Waals surface area contributed by atoms with Gasteiger partial charge in [0.2, 0.25) is 11.2 Å². The molecule has 2 heteroatoms. The first kappa shape index (κ1) is 10.3. The number of rotatable bonds is 2. The SMILES string of the molecule is Cc1cc2ooc2c(C(C)C)c1C(C)C. The lowest BCUT2D eigenvalue weighted by Crippen LogP contribution is -2.03. The molecule has 0 bridgehead atoms. The second-order valence-corrected chi connectivity index (χ2v) is 4.82. The predicted molar refractivity (Wildman–Crippen MR) is 61.4 cm³/mol. The van der Waals surface area contributed by atoms with Gasteiger partial charge in [-0.1, -0.05) is 27.7 Å². The van der Waals surface area contributed by atoms with E-state index in [2.05, 4.69) is 40.7 Å². The first-order valence-electron chi connectivity index (χ1n) is 5.54. The average Bonchev–Trinajstić information content (AvgIpc) is 2.09. The molecule has 0 atom stereocenters. The number of benzene rings is 1. The molecule has 0 fully saturated rings. The van der Waals surface area contributed by atoms with Crippen LogP contribution in [0.3, 0.4) is 0 Å². The van der Waals surface area contributed by atoms with Gasteiger partial charge in [-0.25, -0.2) is 0 Å². The molecule has 0 N–H and O–H groups in total. The molecule has 0 aliphatic heterocycles. The van der Waals surface area contributed by atoms with Crippen molar-refractivity contribution in [2.45, 2.75) is 46.5 Å². The van der Waals surface area contributed by atoms with Gasteiger partial charge in [0.25, 0.3) is 0 Å². The van der Waals surface area contributed by atoms with Gasteiger partial charge in [-0.05, 0) is 36.0 Å². The Morgan fingerprint density at radius 1 is 0.933 bits per heavy atom.